The van der Waals surface area contributed by atoms with Crippen LogP contribution in [0.5, 0.6) is 17.2 Å². The minimum atomic E-state index is -2.14. The average Bonchev–Trinajstić information content (AvgIpc) is 3.35. The smallest absolute Gasteiger partial charge is 0.310 e. The molecular weight excluding hydrogens is 508 g/mol. The van der Waals surface area contributed by atoms with Crippen molar-refractivity contribution in [2.45, 2.75) is 36.8 Å². The maximum atomic E-state index is 12.8. The Morgan fingerprint density at radius 3 is 2.23 bits per heavy atom. The highest BCUT2D eigenvalue weighted by Crippen LogP contribution is 2.70. The first-order valence-corrected chi connectivity index (χ1v) is 13.1. The van der Waals surface area contributed by atoms with Gasteiger partial charge in [0.05, 0.1) is 18.6 Å². The molecule has 0 radical (unpaired) electrons. The average molecular weight is 539 g/mol. The molecule has 204 valence electrons. The third-order valence-corrected chi connectivity index (χ3v) is 8.19. The number of carboxylic acids is 1. The number of aliphatic hydroxyl groups excluding tert-OH is 1. The van der Waals surface area contributed by atoms with E-state index in [-0.39, 0.29) is 5.56 Å². The largest absolute Gasteiger partial charge is 0.496 e. The summed E-state index contributed by atoms with van der Waals surface area (Å²) in [4.78, 5) is 12.8. The van der Waals surface area contributed by atoms with Crippen LogP contribution in [0.1, 0.15) is 33.7 Å². The summed E-state index contributed by atoms with van der Waals surface area (Å²) in [5.74, 6) is -2.30. The fourth-order valence-electron chi connectivity index (χ4n) is 6.52. The standard InChI is InChI=1S/C33H30O7/c1-20-17-25(38-2)29-26(18-20)40-33(23-13-15-24(16-14-23)39-19-21-9-5-3-6-10-21)28(22-11-7-4-8-12-22)27(31(35)36)30(34)32(29,33)37/h3-18,27-28,30,34,37H,19H2,1-2H3,(H,35,36)/t27-,28-,30-,32+,33+/m1/s1. The number of ether oxygens (including phenoxy) is 3. The summed E-state index contributed by atoms with van der Waals surface area (Å²) in [5, 5.41) is 34.8. The number of rotatable bonds is 7. The summed E-state index contributed by atoms with van der Waals surface area (Å²) in [5.41, 5.74) is -0.603. The second kappa shape index (κ2) is 9.70. The summed E-state index contributed by atoms with van der Waals surface area (Å²) < 4.78 is 18.4. The molecule has 40 heavy (non-hydrogen) atoms. The molecule has 0 spiro atoms. The second-order valence-electron chi connectivity index (χ2n) is 10.4. The van der Waals surface area contributed by atoms with Crippen molar-refractivity contribution in [1.29, 1.82) is 0 Å². The van der Waals surface area contributed by atoms with Gasteiger partial charge in [-0.05, 0) is 53.4 Å². The molecule has 1 fully saturated rings. The molecule has 6 rings (SSSR count). The van der Waals surface area contributed by atoms with E-state index >= 15 is 0 Å². The Bertz CT molecular complexity index is 1540. The van der Waals surface area contributed by atoms with Gasteiger partial charge in [0.15, 0.2) is 11.2 Å². The fourth-order valence-corrected chi connectivity index (χ4v) is 6.52. The van der Waals surface area contributed by atoms with Crippen LogP contribution in [0.25, 0.3) is 0 Å². The molecule has 1 aliphatic heterocycles. The van der Waals surface area contributed by atoms with Gasteiger partial charge in [-0.15, -0.1) is 0 Å². The SMILES string of the molecule is COc1cc(C)cc2c1[C@]1(O)[C@H](O)[C@H](C(=O)O)[C@@H](c3ccccc3)[C@]1(c1ccc(OCc3ccccc3)cc1)O2. The number of carboxylic acid groups (broad SMARTS) is 1. The van der Waals surface area contributed by atoms with Crippen LogP contribution in [0.3, 0.4) is 0 Å². The lowest BCUT2D eigenvalue weighted by Gasteiger charge is -2.40. The predicted molar refractivity (Wildman–Crippen MR) is 147 cm³/mol. The maximum Gasteiger partial charge on any atom is 0.310 e. The van der Waals surface area contributed by atoms with E-state index in [0.717, 1.165) is 11.1 Å². The van der Waals surface area contributed by atoms with Gasteiger partial charge in [-0.25, -0.2) is 0 Å². The summed E-state index contributed by atoms with van der Waals surface area (Å²) in [6, 6.07) is 29.4. The third-order valence-electron chi connectivity index (χ3n) is 8.19. The quantitative estimate of drug-likeness (QED) is 0.307. The molecule has 5 atom stereocenters. The van der Waals surface area contributed by atoms with E-state index in [9.17, 15) is 20.1 Å². The summed E-state index contributed by atoms with van der Waals surface area (Å²) in [6.07, 6.45) is -1.71. The van der Waals surface area contributed by atoms with Gasteiger partial charge in [0.1, 0.15) is 30.0 Å². The zero-order chi connectivity index (χ0) is 28.1. The van der Waals surface area contributed by atoms with Gasteiger partial charge >= 0.3 is 5.97 Å². The molecule has 0 amide bonds. The highest BCUT2D eigenvalue weighted by atomic mass is 16.5. The van der Waals surface area contributed by atoms with Gasteiger partial charge in [-0.3, -0.25) is 4.79 Å². The van der Waals surface area contributed by atoms with Crippen LogP contribution < -0.4 is 14.2 Å². The number of carbonyl (C=O) groups is 1. The Labute approximate surface area is 232 Å². The van der Waals surface area contributed by atoms with Crippen molar-refractivity contribution >= 4 is 5.97 Å². The lowest BCUT2D eigenvalue weighted by Crippen LogP contribution is -2.52. The lowest BCUT2D eigenvalue weighted by molar-refractivity contribution is -0.159. The Balaban J connectivity index is 1.53. The molecule has 3 N–H and O–H groups in total. The molecule has 0 aromatic heterocycles. The number of hydrogen-bond donors (Lipinski definition) is 3. The van der Waals surface area contributed by atoms with Crippen molar-refractivity contribution < 1.29 is 34.3 Å². The zero-order valence-corrected chi connectivity index (χ0v) is 22.2. The molecule has 4 aromatic carbocycles. The van der Waals surface area contributed by atoms with E-state index in [1.807, 2.05) is 43.3 Å². The highest BCUT2D eigenvalue weighted by Gasteiger charge is 2.78. The van der Waals surface area contributed by atoms with E-state index < -0.39 is 35.1 Å². The number of hydrogen-bond acceptors (Lipinski definition) is 6. The van der Waals surface area contributed by atoms with Crippen LogP contribution in [0.4, 0.5) is 0 Å². The van der Waals surface area contributed by atoms with Crippen LogP contribution in [-0.2, 0) is 22.6 Å². The molecule has 0 saturated heterocycles. The summed E-state index contributed by atoms with van der Waals surface area (Å²) in [6.45, 7) is 2.25. The molecule has 7 nitrogen and oxygen atoms in total. The first-order valence-electron chi connectivity index (χ1n) is 13.1. The van der Waals surface area contributed by atoms with Crippen molar-refractivity contribution in [1.82, 2.24) is 0 Å². The molecule has 7 heteroatoms. The minimum Gasteiger partial charge on any atom is -0.496 e. The molecular formula is C33H30O7. The Morgan fingerprint density at radius 2 is 1.60 bits per heavy atom. The van der Waals surface area contributed by atoms with E-state index in [0.29, 0.717) is 35.0 Å². The van der Waals surface area contributed by atoms with E-state index in [4.69, 9.17) is 14.2 Å². The number of aliphatic carboxylic acids is 1. The van der Waals surface area contributed by atoms with Crippen LogP contribution >= 0.6 is 0 Å². The Morgan fingerprint density at radius 1 is 0.950 bits per heavy atom. The fraction of sp³-hybridized carbons (Fsp3) is 0.242. The molecule has 2 aliphatic rings. The van der Waals surface area contributed by atoms with Crippen molar-refractivity contribution in [2.24, 2.45) is 5.92 Å². The molecule has 1 aliphatic carbocycles. The van der Waals surface area contributed by atoms with Gasteiger partial charge in [0.25, 0.3) is 0 Å². The van der Waals surface area contributed by atoms with Crippen molar-refractivity contribution in [2.75, 3.05) is 7.11 Å². The van der Waals surface area contributed by atoms with Crippen molar-refractivity contribution in [3.8, 4) is 17.2 Å². The number of aliphatic hydroxyl groups is 2. The summed E-state index contributed by atoms with van der Waals surface area (Å²) >= 11 is 0. The molecule has 0 bridgehead atoms. The lowest BCUT2D eigenvalue weighted by atomic mass is 9.70. The van der Waals surface area contributed by atoms with Gasteiger partial charge < -0.3 is 29.5 Å². The highest BCUT2D eigenvalue weighted by molar-refractivity contribution is 5.76. The van der Waals surface area contributed by atoms with Crippen LogP contribution in [0.2, 0.25) is 0 Å². The Hall–Kier alpha value is -4.33. The normalized spacial score (nSPS) is 26.4. The minimum absolute atomic E-state index is 0.238. The molecule has 4 aromatic rings. The summed E-state index contributed by atoms with van der Waals surface area (Å²) in [7, 11) is 1.47. The molecule has 0 unspecified atom stereocenters. The van der Waals surface area contributed by atoms with E-state index in [2.05, 4.69) is 0 Å². The zero-order valence-electron chi connectivity index (χ0n) is 22.2. The van der Waals surface area contributed by atoms with Gasteiger partial charge in [-0.1, -0.05) is 72.8 Å². The van der Waals surface area contributed by atoms with Crippen molar-refractivity contribution in [3.63, 3.8) is 0 Å². The first kappa shape index (κ1) is 25.9. The monoisotopic (exact) mass is 538 g/mol. The van der Waals surface area contributed by atoms with Crippen LogP contribution in [0, 0.1) is 12.8 Å². The van der Waals surface area contributed by atoms with Crippen molar-refractivity contribution in [3.05, 3.63) is 125 Å². The van der Waals surface area contributed by atoms with E-state index in [1.165, 1.54) is 7.11 Å². The van der Waals surface area contributed by atoms with E-state index in [1.54, 1.807) is 60.7 Å². The first-order chi connectivity index (χ1) is 19.3. The predicted octanol–water partition coefficient (Wildman–Crippen LogP) is 4.92. The van der Waals surface area contributed by atoms with Gasteiger partial charge in [0, 0.05) is 5.92 Å². The number of benzene rings is 4. The number of aryl methyl sites for hydroxylation is 1. The molecule has 1 saturated carbocycles. The second-order valence-corrected chi connectivity index (χ2v) is 10.4. The van der Waals surface area contributed by atoms with Gasteiger partial charge in [-0.2, -0.15) is 0 Å². The van der Waals surface area contributed by atoms with Crippen LogP contribution in [-0.4, -0.2) is 34.5 Å². The molecule has 1 heterocycles. The van der Waals surface area contributed by atoms with Crippen LogP contribution in [0.15, 0.2) is 97.1 Å². The topological polar surface area (TPSA) is 105 Å². The van der Waals surface area contributed by atoms with Gasteiger partial charge in [0.2, 0.25) is 0 Å². The maximum absolute atomic E-state index is 12.8. The Kier molecular flexibility index (Phi) is 6.28. The number of fused-ring (bicyclic) bond motifs is 3. The third kappa shape index (κ3) is 3.69. The number of methoxy groups -OCH3 is 1.